The number of carbonyl (C=O) groups is 1. The predicted octanol–water partition coefficient (Wildman–Crippen LogP) is 4.67. The molecule has 9 heteroatoms. The fourth-order valence-corrected chi connectivity index (χ4v) is 2.79. The summed E-state index contributed by atoms with van der Waals surface area (Å²) in [6, 6.07) is 3.09. The number of nitrogens with one attached hydrogen (secondary N) is 1. The van der Waals surface area contributed by atoms with Gasteiger partial charge in [0.05, 0.1) is 27.6 Å². The van der Waals surface area contributed by atoms with E-state index in [4.69, 9.17) is 4.74 Å². The molecule has 1 saturated carbocycles. The lowest BCUT2D eigenvalue weighted by Crippen LogP contribution is -2.40. The molecule has 1 amide bonds. The molecule has 0 saturated heterocycles. The average Bonchev–Trinajstić information content (AvgIpc) is 3.31. The molecule has 0 spiro atoms. The van der Waals surface area contributed by atoms with Gasteiger partial charge in [-0.05, 0) is 73.4 Å². The second-order valence-corrected chi connectivity index (χ2v) is 8.32. The van der Waals surface area contributed by atoms with Gasteiger partial charge in [0.2, 0.25) is 0 Å². The molecule has 0 unspecified atom stereocenters. The summed E-state index contributed by atoms with van der Waals surface area (Å²) in [7, 11) is 0. The molecule has 1 aromatic heterocycles. The second-order valence-electron chi connectivity index (χ2n) is 7.08. The third-order valence-electron chi connectivity index (χ3n) is 4.41. The SMILES string of the molecule is CC(C)(C(=O)Nc1ccc(C(F)(F)F)cc1OCC1CC1)n1cc(I)cn1. The first-order valence-corrected chi connectivity index (χ1v) is 9.51. The molecule has 3 rings (SSSR count). The number of hydrogen-bond donors (Lipinski definition) is 1. The van der Waals surface area contributed by atoms with E-state index < -0.39 is 23.2 Å². The maximum atomic E-state index is 13.0. The highest BCUT2D eigenvalue weighted by atomic mass is 127. The van der Waals surface area contributed by atoms with Crippen LogP contribution in [-0.4, -0.2) is 22.3 Å². The van der Waals surface area contributed by atoms with E-state index in [0.29, 0.717) is 12.5 Å². The minimum atomic E-state index is -4.48. The Kier molecular flexibility index (Phi) is 5.42. The molecule has 146 valence electrons. The summed E-state index contributed by atoms with van der Waals surface area (Å²) in [4.78, 5) is 12.8. The Morgan fingerprint density at radius 3 is 2.63 bits per heavy atom. The number of alkyl halides is 3. The maximum Gasteiger partial charge on any atom is 0.416 e. The molecule has 0 radical (unpaired) electrons. The second kappa shape index (κ2) is 7.33. The monoisotopic (exact) mass is 493 g/mol. The van der Waals surface area contributed by atoms with Gasteiger partial charge in [0.1, 0.15) is 11.3 Å². The van der Waals surface area contributed by atoms with Gasteiger partial charge in [-0.25, -0.2) is 0 Å². The minimum absolute atomic E-state index is 0.0240. The average molecular weight is 493 g/mol. The highest BCUT2D eigenvalue weighted by Gasteiger charge is 2.34. The lowest BCUT2D eigenvalue weighted by atomic mass is 10.0. The summed E-state index contributed by atoms with van der Waals surface area (Å²) < 4.78 is 47.1. The first-order chi connectivity index (χ1) is 12.6. The maximum absolute atomic E-state index is 13.0. The standard InChI is InChI=1S/C18H19F3IN3O2/c1-17(2,25-9-13(22)8-23-25)16(26)24-14-6-5-12(18(19,20)21)7-15(14)27-10-11-3-4-11/h5-9,11H,3-4,10H2,1-2H3,(H,24,26). The van der Waals surface area contributed by atoms with E-state index in [1.165, 1.54) is 10.7 Å². The summed E-state index contributed by atoms with van der Waals surface area (Å²) in [5, 5.41) is 6.84. The Hall–Kier alpha value is -1.78. The molecule has 0 aliphatic heterocycles. The van der Waals surface area contributed by atoms with E-state index in [2.05, 4.69) is 33.0 Å². The van der Waals surface area contributed by atoms with Gasteiger partial charge in [0.15, 0.2) is 0 Å². The number of rotatable bonds is 6. The van der Waals surface area contributed by atoms with Crippen molar-refractivity contribution in [2.24, 2.45) is 5.92 Å². The summed E-state index contributed by atoms with van der Waals surface area (Å²) in [6.45, 7) is 3.70. The molecule has 5 nitrogen and oxygen atoms in total. The summed E-state index contributed by atoms with van der Waals surface area (Å²) in [5.41, 5.74) is -1.63. The van der Waals surface area contributed by atoms with Crippen LogP contribution in [0, 0.1) is 9.49 Å². The zero-order chi connectivity index (χ0) is 19.8. The van der Waals surface area contributed by atoms with E-state index in [1.54, 1.807) is 26.2 Å². The lowest BCUT2D eigenvalue weighted by molar-refractivity contribution is -0.137. The van der Waals surface area contributed by atoms with Crippen molar-refractivity contribution in [1.82, 2.24) is 9.78 Å². The number of halogens is 4. The van der Waals surface area contributed by atoms with Crippen LogP contribution in [0.1, 0.15) is 32.3 Å². The van der Waals surface area contributed by atoms with E-state index in [0.717, 1.165) is 28.5 Å². The zero-order valence-corrected chi connectivity index (χ0v) is 17.0. The van der Waals surface area contributed by atoms with Gasteiger partial charge in [-0.15, -0.1) is 0 Å². The van der Waals surface area contributed by atoms with Crippen LogP contribution in [0.15, 0.2) is 30.6 Å². The van der Waals surface area contributed by atoms with Crippen LogP contribution in [0.3, 0.4) is 0 Å². The van der Waals surface area contributed by atoms with Crippen LogP contribution in [0.25, 0.3) is 0 Å². The fraction of sp³-hybridized carbons (Fsp3) is 0.444. The number of anilines is 1. The smallest absolute Gasteiger partial charge is 0.416 e. The van der Waals surface area contributed by atoms with E-state index in [9.17, 15) is 18.0 Å². The molecule has 0 atom stereocenters. The van der Waals surface area contributed by atoms with Crippen molar-refractivity contribution in [2.45, 2.75) is 38.4 Å². The quantitative estimate of drug-likeness (QED) is 0.596. The van der Waals surface area contributed by atoms with Crippen molar-refractivity contribution in [3.8, 4) is 5.75 Å². The van der Waals surface area contributed by atoms with Gasteiger partial charge in [0, 0.05) is 6.20 Å². The fourth-order valence-electron chi connectivity index (χ4n) is 2.40. The third-order valence-corrected chi connectivity index (χ3v) is 4.97. The van der Waals surface area contributed by atoms with Crippen LogP contribution in [0.2, 0.25) is 0 Å². The van der Waals surface area contributed by atoms with Crippen molar-refractivity contribution in [3.05, 3.63) is 39.7 Å². The molecular weight excluding hydrogens is 474 g/mol. The number of hydrogen-bond acceptors (Lipinski definition) is 3. The number of amides is 1. The topological polar surface area (TPSA) is 56.1 Å². The van der Waals surface area contributed by atoms with Crippen LogP contribution < -0.4 is 10.1 Å². The van der Waals surface area contributed by atoms with Gasteiger partial charge < -0.3 is 10.1 Å². The first kappa shape index (κ1) is 20.0. The van der Waals surface area contributed by atoms with E-state index in [1.807, 2.05) is 0 Å². The Morgan fingerprint density at radius 2 is 2.07 bits per heavy atom. The molecule has 1 aliphatic carbocycles. The third kappa shape index (κ3) is 4.74. The molecule has 1 aromatic carbocycles. The van der Waals surface area contributed by atoms with Crippen molar-refractivity contribution in [2.75, 3.05) is 11.9 Å². The lowest BCUT2D eigenvalue weighted by Gasteiger charge is -2.25. The molecular formula is C18H19F3IN3O2. The van der Waals surface area contributed by atoms with E-state index in [-0.39, 0.29) is 11.4 Å². The van der Waals surface area contributed by atoms with Crippen molar-refractivity contribution in [1.29, 1.82) is 0 Å². The molecule has 27 heavy (non-hydrogen) atoms. The van der Waals surface area contributed by atoms with Gasteiger partial charge in [-0.1, -0.05) is 0 Å². The Bertz CT molecular complexity index is 845. The summed E-state index contributed by atoms with van der Waals surface area (Å²) in [6.07, 6.45) is 0.873. The normalized spacial score (nSPS) is 14.9. The van der Waals surface area contributed by atoms with Crippen LogP contribution >= 0.6 is 22.6 Å². The van der Waals surface area contributed by atoms with Gasteiger partial charge in [-0.3, -0.25) is 9.48 Å². The molecule has 1 aliphatic rings. The molecule has 1 heterocycles. The highest BCUT2D eigenvalue weighted by Crippen LogP contribution is 2.37. The molecule has 1 N–H and O–H groups in total. The molecule has 2 aromatic rings. The van der Waals surface area contributed by atoms with Gasteiger partial charge >= 0.3 is 6.18 Å². The summed E-state index contributed by atoms with van der Waals surface area (Å²) in [5.74, 6) is -0.0142. The number of carbonyl (C=O) groups excluding carboxylic acids is 1. The Labute approximate surface area is 168 Å². The number of benzene rings is 1. The van der Waals surface area contributed by atoms with Crippen molar-refractivity contribution >= 4 is 34.2 Å². The number of aromatic nitrogens is 2. The van der Waals surface area contributed by atoms with Crippen LogP contribution in [0.5, 0.6) is 5.75 Å². The molecule has 1 fully saturated rings. The molecule has 0 bridgehead atoms. The van der Waals surface area contributed by atoms with Crippen LogP contribution in [0.4, 0.5) is 18.9 Å². The number of ether oxygens (including phenoxy) is 1. The Balaban J connectivity index is 1.84. The van der Waals surface area contributed by atoms with Crippen molar-refractivity contribution < 1.29 is 22.7 Å². The highest BCUT2D eigenvalue weighted by molar-refractivity contribution is 14.1. The largest absolute Gasteiger partial charge is 0.491 e. The summed E-state index contributed by atoms with van der Waals surface area (Å²) >= 11 is 2.09. The zero-order valence-electron chi connectivity index (χ0n) is 14.8. The van der Waals surface area contributed by atoms with Crippen LogP contribution in [-0.2, 0) is 16.5 Å². The first-order valence-electron chi connectivity index (χ1n) is 8.43. The number of nitrogens with zero attached hydrogens (tertiary/aromatic N) is 2. The van der Waals surface area contributed by atoms with E-state index >= 15 is 0 Å². The predicted molar refractivity (Wildman–Crippen MR) is 103 cm³/mol. The minimum Gasteiger partial charge on any atom is -0.491 e. The Morgan fingerprint density at radius 1 is 1.37 bits per heavy atom. The van der Waals surface area contributed by atoms with Gasteiger partial charge in [-0.2, -0.15) is 18.3 Å². The van der Waals surface area contributed by atoms with Crippen molar-refractivity contribution in [3.63, 3.8) is 0 Å². The van der Waals surface area contributed by atoms with Gasteiger partial charge in [0.25, 0.3) is 5.91 Å².